The molecule has 1 atom stereocenters. The molecule has 0 N–H and O–H groups in total. The summed E-state index contributed by atoms with van der Waals surface area (Å²) in [5, 5.41) is 0. The lowest BCUT2D eigenvalue weighted by Gasteiger charge is -2.13. The number of carbonyl (C=O) groups excluding carboxylic acids is 1. The van der Waals surface area contributed by atoms with Gasteiger partial charge in [-0.1, -0.05) is 78.1 Å². The molecule has 0 aromatic carbocycles. The van der Waals surface area contributed by atoms with Gasteiger partial charge in [0.25, 0.3) is 0 Å². The summed E-state index contributed by atoms with van der Waals surface area (Å²) < 4.78 is 5.52. The van der Waals surface area contributed by atoms with E-state index in [0.29, 0.717) is 6.42 Å². The zero-order valence-electron chi connectivity index (χ0n) is 15.5. The van der Waals surface area contributed by atoms with Gasteiger partial charge in [-0.05, 0) is 13.0 Å². The maximum Gasteiger partial charge on any atom is 0.306 e. The van der Waals surface area contributed by atoms with Crippen molar-refractivity contribution in [1.82, 2.24) is 4.90 Å². The molecule has 1 radical (unpaired) electrons. The molecule has 1 saturated heterocycles. The molecule has 0 saturated carbocycles. The lowest BCUT2D eigenvalue weighted by Crippen LogP contribution is -2.23. The number of ether oxygens (including phenoxy) is 1. The summed E-state index contributed by atoms with van der Waals surface area (Å²) in [6, 6.07) is 0. The van der Waals surface area contributed by atoms with E-state index in [2.05, 4.69) is 25.3 Å². The van der Waals surface area contributed by atoms with Crippen LogP contribution in [0.15, 0.2) is 0 Å². The largest absolute Gasteiger partial charge is 0.461 e. The summed E-state index contributed by atoms with van der Waals surface area (Å²) in [7, 11) is 0. The fraction of sp³-hybridized carbons (Fsp3) is 0.900. The van der Waals surface area contributed by atoms with Crippen molar-refractivity contribution in [3.05, 3.63) is 6.54 Å². The van der Waals surface area contributed by atoms with Crippen LogP contribution >= 0.6 is 0 Å². The number of nitrogens with zero attached hydrogens (tertiary/aromatic N) is 1. The number of rotatable bonds is 14. The van der Waals surface area contributed by atoms with Gasteiger partial charge in [0, 0.05) is 25.9 Å². The Hall–Kier alpha value is -0.570. The Morgan fingerprint density at radius 1 is 0.957 bits per heavy atom. The third kappa shape index (κ3) is 10.8. The van der Waals surface area contributed by atoms with Crippen LogP contribution < -0.4 is 0 Å². The van der Waals surface area contributed by atoms with Crippen molar-refractivity contribution in [3.8, 4) is 0 Å². The van der Waals surface area contributed by atoms with Gasteiger partial charge < -0.3 is 4.74 Å². The molecule has 0 spiro atoms. The monoisotopic (exact) mass is 324 g/mol. The Balaban J connectivity index is 1.83. The first-order valence-corrected chi connectivity index (χ1v) is 10.0. The molecule has 23 heavy (non-hydrogen) atoms. The molecule has 1 rings (SSSR count). The molecule has 3 nitrogen and oxygen atoms in total. The van der Waals surface area contributed by atoms with E-state index < -0.39 is 0 Å². The number of hydrogen-bond donors (Lipinski definition) is 0. The number of esters is 1. The summed E-state index contributed by atoms with van der Waals surface area (Å²) >= 11 is 0. The normalized spacial score (nSPS) is 18.4. The Bertz CT molecular complexity index is 293. The highest BCUT2D eigenvalue weighted by Gasteiger charge is 2.24. The van der Waals surface area contributed by atoms with E-state index in [0.717, 1.165) is 25.9 Å². The number of unbranched alkanes of at least 4 members (excludes halogenated alkanes) is 10. The Labute approximate surface area is 144 Å². The Kier molecular flexibility index (Phi) is 12.3. The zero-order valence-corrected chi connectivity index (χ0v) is 15.5. The molecule has 0 aromatic heterocycles. The highest BCUT2D eigenvalue weighted by atomic mass is 16.5. The van der Waals surface area contributed by atoms with Crippen molar-refractivity contribution < 1.29 is 9.53 Å². The van der Waals surface area contributed by atoms with Crippen molar-refractivity contribution in [2.75, 3.05) is 13.1 Å². The van der Waals surface area contributed by atoms with Gasteiger partial charge in [-0.25, -0.2) is 0 Å². The average Bonchev–Trinajstić information content (AvgIpc) is 3.00. The van der Waals surface area contributed by atoms with E-state index in [1.807, 2.05) is 0 Å². The fourth-order valence-corrected chi connectivity index (χ4v) is 3.20. The topological polar surface area (TPSA) is 29.5 Å². The van der Waals surface area contributed by atoms with E-state index in [1.165, 1.54) is 64.2 Å². The van der Waals surface area contributed by atoms with Crippen molar-refractivity contribution in [2.45, 2.75) is 103 Å². The average molecular weight is 325 g/mol. The molecule has 0 amide bonds. The van der Waals surface area contributed by atoms with E-state index in [9.17, 15) is 4.79 Å². The third-order valence-corrected chi connectivity index (χ3v) is 4.75. The van der Waals surface area contributed by atoms with Crippen LogP contribution in [0.2, 0.25) is 0 Å². The summed E-state index contributed by atoms with van der Waals surface area (Å²) in [6.45, 7) is 8.43. The third-order valence-electron chi connectivity index (χ3n) is 4.75. The maximum atomic E-state index is 11.8. The lowest BCUT2D eigenvalue weighted by molar-refractivity contribution is -0.148. The van der Waals surface area contributed by atoms with Crippen LogP contribution in [0.3, 0.4) is 0 Å². The molecule has 0 aliphatic carbocycles. The number of hydrogen-bond acceptors (Lipinski definition) is 3. The van der Waals surface area contributed by atoms with Crippen LogP contribution in [0.5, 0.6) is 0 Å². The van der Waals surface area contributed by atoms with Crippen LogP contribution in [0.25, 0.3) is 0 Å². The Morgan fingerprint density at radius 2 is 1.52 bits per heavy atom. The Morgan fingerprint density at radius 3 is 2.04 bits per heavy atom. The smallest absolute Gasteiger partial charge is 0.306 e. The second kappa shape index (κ2) is 13.8. The predicted molar refractivity (Wildman–Crippen MR) is 97.1 cm³/mol. The minimum absolute atomic E-state index is 0.00252. The molecule has 1 unspecified atom stereocenters. The van der Waals surface area contributed by atoms with Gasteiger partial charge in [0.05, 0.1) is 0 Å². The van der Waals surface area contributed by atoms with Gasteiger partial charge in [-0.15, -0.1) is 0 Å². The van der Waals surface area contributed by atoms with Crippen molar-refractivity contribution >= 4 is 5.97 Å². The minimum Gasteiger partial charge on any atom is -0.461 e. The van der Waals surface area contributed by atoms with E-state index in [4.69, 9.17) is 4.74 Å². The first kappa shape index (κ1) is 20.5. The molecule has 0 bridgehead atoms. The molecule has 135 valence electrons. The predicted octanol–water partition coefficient (Wildman–Crippen LogP) is 5.49. The fourth-order valence-electron chi connectivity index (χ4n) is 3.20. The van der Waals surface area contributed by atoms with Crippen LogP contribution in [0.1, 0.15) is 97.3 Å². The first-order valence-electron chi connectivity index (χ1n) is 10.0. The molecular formula is C20H38NO2. The quantitative estimate of drug-likeness (QED) is 0.313. The van der Waals surface area contributed by atoms with Gasteiger partial charge >= 0.3 is 5.97 Å². The summed E-state index contributed by atoms with van der Waals surface area (Å²) in [5.41, 5.74) is 0. The van der Waals surface area contributed by atoms with Crippen LogP contribution in [-0.2, 0) is 9.53 Å². The van der Waals surface area contributed by atoms with Crippen LogP contribution in [0, 0.1) is 6.54 Å². The summed E-state index contributed by atoms with van der Waals surface area (Å²) in [6.07, 6.45) is 16.0. The van der Waals surface area contributed by atoms with Crippen molar-refractivity contribution in [3.63, 3.8) is 0 Å². The summed E-state index contributed by atoms with van der Waals surface area (Å²) in [5.74, 6) is -0.00252. The number of carbonyl (C=O) groups is 1. The minimum atomic E-state index is -0.00252. The van der Waals surface area contributed by atoms with Crippen molar-refractivity contribution in [2.24, 2.45) is 0 Å². The van der Waals surface area contributed by atoms with E-state index >= 15 is 0 Å². The standard InChI is InChI=1S/C20H38NO2/c1-3-5-6-7-8-9-10-11-12-13-14-15-20(22)23-19-16-17-21(4-2)18-19/h17,19H,3-16,18H2,1-2H3. The van der Waals surface area contributed by atoms with Gasteiger partial charge in [0.1, 0.15) is 6.10 Å². The second-order valence-electron chi connectivity index (χ2n) is 6.90. The molecular weight excluding hydrogens is 286 g/mol. The summed E-state index contributed by atoms with van der Waals surface area (Å²) in [4.78, 5) is 14.0. The van der Waals surface area contributed by atoms with Crippen LogP contribution in [-0.4, -0.2) is 30.1 Å². The first-order chi connectivity index (χ1) is 11.3. The maximum absolute atomic E-state index is 11.8. The van der Waals surface area contributed by atoms with Gasteiger partial charge in [0.15, 0.2) is 0 Å². The lowest BCUT2D eigenvalue weighted by atomic mass is 10.1. The van der Waals surface area contributed by atoms with Crippen molar-refractivity contribution in [1.29, 1.82) is 0 Å². The van der Waals surface area contributed by atoms with E-state index in [-0.39, 0.29) is 12.1 Å². The molecule has 1 aliphatic heterocycles. The molecule has 1 aliphatic rings. The highest BCUT2D eigenvalue weighted by Crippen LogP contribution is 2.17. The van der Waals surface area contributed by atoms with Crippen LogP contribution in [0.4, 0.5) is 0 Å². The molecule has 1 heterocycles. The van der Waals surface area contributed by atoms with E-state index in [1.54, 1.807) is 0 Å². The van der Waals surface area contributed by atoms with Gasteiger partial charge in [-0.2, -0.15) is 0 Å². The number of likely N-dealkylation sites (N-methyl/N-ethyl adjacent to an activating group) is 1. The number of likely N-dealkylation sites (tertiary alicyclic amines) is 1. The SMILES string of the molecule is CCCCCCCCCCCCCC(=O)OC1C[CH]N(CC)C1. The highest BCUT2D eigenvalue weighted by molar-refractivity contribution is 5.69. The second-order valence-corrected chi connectivity index (χ2v) is 6.90. The van der Waals surface area contributed by atoms with Gasteiger partial charge in [0.2, 0.25) is 0 Å². The molecule has 3 heteroatoms. The molecule has 1 fully saturated rings. The molecule has 0 aromatic rings. The van der Waals surface area contributed by atoms with Gasteiger partial charge in [-0.3, -0.25) is 9.69 Å². The zero-order chi connectivity index (χ0) is 16.8.